The van der Waals surface area contributed by atoms with Crippen molar-refractivity contribution in [2.75, 3.05) is 13.2 Å². The van der Waals surface area contributed by atoms with Crippen LogP contribution in [0.15, 0.2) is 24.3 Å². The van der Waals surface area contributed by atoms with Gasteiger partial charge in [-0.25, -0.2) is 0 Å². The predicted octanol–water partition coefficient (Wildman–Crippen LogP) is 2.24. The van der Waals surface area contributed by atoms with Gasteiger partial charge in [0.15, 0.2) is 6.61 Å². The summed E-state index contributed by atoms with van der Waals surface area (Å²) >= 11 is 0. The van der Waals surface area contributed by atoms with Crippen molar-refractivity contribution >= 4 is 11.9 Å². The molecule has 0 fully saturated rings. The molecule has 0 aliphatic carbocycles. The number of carboxylic acids is 1. The number of aliphatic carboxylic acids is 1. The topological polar surface area (TPSA) is 75.6 Å². The molecule has 5 heteroatoms. The molecule has 0 radical (unpaired) electrons. The van der Waals surface area contributed by atoms with Gasteiger partial charge in [0.1, 0.15) is 5.75 Å². The summed E-state index contributed by atoms with van der Waals surface area (Å²) in [6.07, 6.45) is 1.33. The summed E-state index contributed by atoms with van der Waals surface area (Å²) in [5.41, 5.74) is 0.368. The number of carbonyl (C=O) groups excluding carboxylic acids is 1. The number of rotatable bonds is 8. The largest absolute Gasteiger partial charge is 0.484 e. The third-order valence-electron chi connectivity index (χ3n) is 3.35. The van der Waals surface area contributed by atoms with Crippen LogP contribution in [-0.4, -0.2) is 30.1 Å². The van der Waals surface area contributed by atoms with E-state index >= 15 is 0 Å². The molecule has 1 amide bonds. The summed E-state index contributed by atoms with van der Waals surface area (Å²) in [6.45, 7) is 5.58. The molecule has 5 nitrogen and oxygen atoms in total. The zero-order chi connectivity index (χ0) is 15.9. The lowest BCUT2D eigenvalue weighted by molar-refractivity contribution is -0.147. The van der Waals surface area contributed by atoms with E-state index in [0.717, 1.165) is 6.42 Å². The van der Waals surface area contributed by atoms with E-state index in [9.17, 15) is 9.59 Å². The number of benzene rings is 1. The van der Waals surface area contributed by atoms with E-state index in [2.05, 4.69) is 12.2 Å². The maximum absolute atomic E-state index is 11.6. The van der Waals surface area contributed by atoms with Gasteiger partial charge >= 0.3 is 5.97 Å². The average Bonchev–Trinajstić information content (AvgIpc) is 2.45. The minimum absolute atomic E-state index is 0.0705. The van der Waals surface area contributed by atoms with Gasteiger partial charge in [-0.3, -0.25) is 9.59 Å². The number of carbonyl (C=O) groups is 2. The molecule has 0 aliphatic heterocycles. The van der Waals surface area contributed by atoms with Gasteiger partial charge in [-0.15, -0.1) is 0 Å². The molecule has 0 atom stereocenters. The Balaban J connectivity index is 2.29. The summed E-state index contributed by atoms with van der Waals surface area (Å²) < 4.78 is 5.37. The second-order valence-electron chi connectivity index (χ2n) is 5.58. The van der Waals surface area contributed by atoms with Crippen LogP contribution in [0.1, 0.15) is 32.8 Å². The summed E-state index contributed by atoms with van der Waals surface area (Å²) in [7, 11) is 0. The predicted molar refractivity (Wildman–Crippen MR) is 80.4 cm³/mol. The fourth-order valence-electron chi connectivity index (χ4n) is 1.64. The normalized spacial score (nSPS) is 11.0. The molecule has 116 valence electrons. The van der Waals surface area contributed by atoms with E-state index < -0.39 is 11.4 Å². The van der Waals surface area contributed by atoms with Crippen molar-refractivity contribution in [3.8, 4) is 5.75 Å². The molecule has 1 rings (SSSR count). The summed E-state index contributed by atoms with van der Waals surface area (Å²) in [5, 5.41) is 11.6. The highest BCUT2D eigenvalue weighted by Crippen LogP contribution is 2.19. The molecule has 0 saturated carbocycles. The highest BCUT2D eigenvalue weighted by Gasteiger charge is 2.26. The van der Waals surface area contributed by atoms with Crippen molar-refractivity contribution in [2.45, 2.75) is 33.6 Å². The molecule has 0 unspecified atom stereocenters. The quantitative estimate of drug-likeness (QED) is 0.771. The van der Waals surface area contributed by atoms with Gasteiger partial charge < -0.3 is 15.2 Å². The maximum Gasteiger partial charge on any atom is 0.309 e. The number of carboxylic acid groups (broad SMARTS) is 1. The molecule has 0 spiro atoms. The van der Waals surface area contributed by atoms with Crippen molar-refractivity contribution in [1.82, 2.24) is 5.32 Å². The third kappa shape index (κ3) is 5.85. The van der Waals surface area contributed by atoms with Crippen molar-refractivity contribution < 1.29 is 19.4 Å². The van der Waals surface area contributed by atoms with Crippen LogP contribution in [0.5, 0.6) is 5.75 Å². The van der Waals surface area contributed by atoms with Gasteiger partial charge in [-0.2, -0.15) is 0 Å². The van der Waals surface area contributed by atoms with Crippen LogP contribution in [0.3, 0.4) is 0 Å². The molecular weight excluding hydrogens is 270 g/mol. The fraction of sp³-hybridized carbons (Fsp3) is 0.500. The first kappa shape index (κ1) is 17.0. The van der Waals surface area contributed by atoms with Gasteiger partial charge in [-0.05, 0) is 44.4 Å². The van der Waals surface area contributed by atoms with Crippen LogP contribution >= 0.6 is 0 Å². The van der Waals surface area contributed by atoms with E-state index in [1.807, 2.05) is 24.3 Å². The van der Waals surface area contributed by atoms with Crippen LogP contribution < -0.4 is 10.1 Å². The maximum atomic E-state index is 11.6. The minimum Gasteiger partial charge on any atom is -0.484 e. The van der Waals surface area contributed by atoms with Crippen LogP contribution in [-0.2, 0) is 16.0 Å². The monoisotopic (exact) mass is 293 g/mol. The Morgan fingerprint density at radius 2 is 1.86 bits per heavy atom. The highest BCUT2D eigenvalue weighted by molar-refractivity contribution is 5.77. The van der Waals surface area contributed by atoms with E-state index in [1.165, 1.54) is 5.56 Å². The first-order valence-corrected chi connectivity index (χ1v) is 7.07. The zero-order valence-electron chi connectivity index (χ0n) is 12.8. The Bertz CT molecular complexity index is 480. The average molecular weight is 293 g/mol. The lowest BCUT2D eigenvalue weighted by Crippen LogP contribution is -2.34. The summed E-state index contributed by atoms with van der Waals surface area (Å²) in [4.78, 5) is 22.5. The smallest absolute Gasteiger partial charge is 0.309 e. The molecule has 0 saturated heterocycles. The molecule has 0 heterocycles. The number of amides is 1. The summed E-state index contributed by atoms with van der Waals surface area (Å²) in [6, 6.07) is 7.59. The Morgan fingerprint density at radius 3 is 2.38 bits per heavy atom. The van der Waals surface area contributed by atoms with Crippen LogP contribution in [0, 0.1) is 5.41 Å². The number of nitrogens with one attached hydrogen (secondary N) is 1. The molecule has 2 N–H and O–H groups in total. The SMILES string of the molecule is CCc1ccc(OCC(=O)NCCC(C)(C)C(=O)O)cc1. The third-order valence-corrected chi connectivity index (χ3v) is 3.35. The minimum atomic E-state index is -0.871. The molecule has 0 aromatic heterocycles. The fourth-order valence-corrected chi connectivity index (χ4v) is 1.64. The number of ether oxygens (including phenoxy) is 1. The molecule has 1 aromatic carbocycles. The van der Waals surface area contributed by atoms with Gasteiger partial charge in [0.25, 0.3) is 5.91 Å². The lowest BCUT2D eigenvalue weighted by atomic mass is 9.90. The van der Waals surface area contributed by atoms with E-state index in [-0.39, 0.29) is 12.5 Å². The standard InChI is InChI=1S/C16H23NO4/c1-4-12-5-7-13(8-6-12)21-11-14(18)17-10-9-16(2,3)15(19)20/h5-8H,4,9-11H2,1-3H3,(H,17,18)(H,19,20). The van der Waals surface area contributed by atoms with Crippen molar-refractivity contribution in [3.63, 3.8) is 0 Å². The zero-order valence-corrected chi connectivity index (χ0v) is 12.8. The number of aryl methyl sites for hydroxylation is 1. The van der Waals surface area contributed by atoms with Crippen molar-refractivity contribution in [3.05, 3.63) is 29.8 Å². The molecule has 0 bridgehead atoms. The number of hydrogen-bond donors (Lipinski definition) is 2. The second kappa shape index (κ2) is 7.67. The van der Waals surface area contributed by atoms with Gasteiger partial charge in [-0.1, -0.05) is 19.1 Å². The van der Waals surface area contributed by atoms with Crippen molar-refractivity contribution in [2.24, 2.45) is 5.41 Å². The molecule has 1 aromatic rings. The first-order chi connectivity index (χ1) is 9.85. The van der Waals surface area contributed by atoms with E-state index in [1.54, 1.807) is 13.8 Å². The number of hydrogen-bond acceptors (Lipinski definition) is 3. The first-order valence-electron chi connectivity index (χ1n) is 7.07. The molecule has 0 aliphatic rings. The lowest BCUT2D eigenvalue weighted by Gasteiger charge is -2.18. The van der Waals surface area contributed by atoms with Crippen molar-refractivity contribution in [1.29, 1.82) is 0 Å². The van der Waals surface area contributed by atoms with Gasteiger partial charge in [0.05, 0.1) is 5.41 Å². The second-order valence-corrected chi connectivity index (χ2v) is 5.58. The Kier molecular flexibility index (Phi) is 6.21. The van der Waals surface area contributed by atoms with Crippen LogP contribution in [0.25, 0.3) is 0 Å². The van der Waals surface area contributed by atoms with Gasteiger partial charge in [0, 0.05) is 6.54 Å². The van der Waals surface area contributed by atoms with Crippen LogP contribution in [0.2, 0.25) is 0 Å². The summed E-state index contributed by atoms with van der Waals surface area (Å²) in [5.74, 6) is -0.479. The Morgan fingerprint density at radius 1 is 1.24 bits per heavy atom. The molecular formula is C16H23NO4. The highest BCUT2D eigenvalue weighted by atomic mass is 16.5. The van der Waals surface area contributed by atoms with E-state index in [4.69, 9.17) is 9.84 Å². The Labute approximate surface area is 125 Å². The van der Waals surface area contributed by atoms with E-state index in [0.29, 0.717) is 18.7 Å². The van der Waals surface area contributed by atoms with Gasteiger partial charge in [0.2, 0.25) is 0 Å². The Hall–Kier alpha value is -2.04. The van der Waals surface area contributed by atoms with Crippen LogP contribution in [0.4, 0.5) is 0 Å². The molecule has 21 heavy (non-hydrogen) atoms.